The number of benzene rings is 1. The summed E-state index contributed by atoms with van der Waals surface area (Å²) in [6.45, 7) is 0. The third kappa shape index (κ3) is 4.23. The molecule has 0 spiro atoms. The molecule has 1 aromatic rings. The molecule has 0 heterocycles. The van der Waals surface area contributed by atoms with Gasteiger partial charge in [-0.25, -0.2) is 9.59 Å². The SMILES string of the molecule is COC(=O)c1cc(OC)c(OC)cc1NC(=O)/C=C/C(=O)O. The average molecular weight is 309 g/mol. The van der Waals surface area contributed by atoms with Crippen molar-refractivity contribution < 1.29 is 33.7 Å². The van der Waals surface area contributed by atoms with Crippen molar-refractivity contribution in [3.8, 4) is 11.5 Å². The summed E-state index contributed by atoms with van der Waals surface area (Å²) in [6.07, 6.45) is 1.49. The topological polar surface area (TPSA) is 111 Å². The molecular weight excluding hydrogens is 294 g/mol. The Balaban J connectivity index is 3.22. The number of methoxy groups -OCH3 is 3. The van der Waals surface area contributed by atoms with Crippen molar-refractivity contribution in [1.82, 2.24) is 0 Å². The second kappa shape index (κ2) is 7.67. The Morgan fingerprint density at radius 2 is 1.64 bits per heavy atom. The first kappa shape index (κ1) is 17.0. The number of amides is 1. The van der Waals surface area contributed by atoms with Crippen molar-refractivity contribution in [1.29, 1.82) is 0 Å². The zero-order valence-electron chi connectivity index (χ0n) is 12.2. The van der Waals surface area contributed by atoms with Crippen LogP contribution in [0, 0.1) is 0 Å². The first-order valence-electron chi connectivity index (χ1n) is 5.99. The Kier molecular flexibility index (Phi) is 5.94. The summed E-state index contributed by atoms with van der Waals surface area (Å²) >= 11 is 0. The predicted octanol–water partition coefficient (Wildman–Crippen LogP) is 1.07. The van der Waals surface area contributed by atoms with Gasteiger partial charge in [0, 0.05) is 24.3 Å². The number of carboxylic acid groups (broad SMARTS) is 1. The van der Waals surface area contributed by atoms with Crippen LogP contribution in [0.15, 0.2) is 24.3 Å². The first-order valence-corrected chi connectivity index (χ1v) is 5.99. The van der Waals surface area contributed by atoms with Gasteiger partial charge >= 0.3 is 11.9 Å². The van der Waals surface area contributed by atoms with Gasteiger partial charge in [0.2, 0.25) is 5.91 Å². The van der Waals surface area contributed by atoms with E-state index in [9.17, 15) is 14.4 Å². The minimum Gasteiger partial charge on any atom is -0.493 e. The smallest absolute Gasteiger partial charge is 0.340 e. The first-order chi connectivity index (χ1) is 10.4. The largest absolute Gasteiger partial charge is 0.493 e. The molecule has 0 atom stereocenters. The highest BCUT2D eigenvalue weighted by molar-refractivity contribution is 6.07. The number of rotatable bonds is 6. The third-order valence-electron chi connectivity index (χ3n) is 2.56. The number of nitrogens with one attached hydrogen (secondary N) is 1. The molecular formula is C14H15NO7. The Morgan fingerprint density at radius 1 is 1.05 bits per heavy atom. The highest BCUT2D eigenvalue weighted by Gasteiger charge is 2.18. The molecule has 0 aliphatic rings. The maximum absolute atomic E-state index is 11.8. The number of hydrogen-bond donors (Lipinski definition) is 2. The number of hydrogen-bond acceptors (Lipinski definition) is 6. The minimum absolute atomic E-state index is 0.0391. The Labute approximate surface area is 126 Å². The molecule has 0 bridgehead atoms. The van der Waals surface area contributed by atoms with E-state index in [2.05, 4.69) is 10.1 Å². The highest BCUT2D eigenvalue weighted by atomic mass is 16.5. The van der Waals surface area contributed by atoms with Crippen LogP contribution in [0.1, 0.15) is 10.4 Å². The van der Waals surface area contributed by atoms with Crippen LogP contribution in [0.5, 0.6) is 11.5 Å². The maximum atomic E-state index is 11.8. The lowest BCUT2D eigenvalue weighted by Gasteiger charge is -2.13. The molecule has 8 heteroatoms. The molecule has 0 radical (unpaired) electrons. The molecule has 1 rings (SSSR count). The van der Waals surface area contributed by atoms with Crippen molar-refractivity contribution in [3.05, 3.63) is 29.8 Å². The van der Waals surface area contributed by atoms with E-state index in [4.69, 9.17) is 14.6 Å². The number of carbonyl (C=O) groups excluding carboxylic acids is 2. The Morgan fingerprint density at radius 3 is 2.14 bits per heavy atom. The molecule has 118 valence electrons. The van der Waals surface area contributed by atoms with Gasteiger partial charge in [0.25, 0.3) is 0 Å². The Bertz CT molecular complexity index is 622. The monoisotopic (exact) mass is 309 g/mol. The fourth-order valence-electron chi connectivity index (χ4n) is 1.58. The van der Waals surface area contributed by atoms with Crippen molar-refractivity contribution in [2.45, 2.75) is 0 Å². The zero-order valence-corrected chi connectivity index (χ0v) is 12.2. The molecule has 2 N–H and O–H groups in total. The van der Waals surface area contributed by atoms with E-state index in [1.54, 1.807) is 0 Å². The minimum atomic E-state index is -1.27. The van der Waals surface area contributed by atoms with E-state index < -0.39 is 17.8 Å². The van der Waals surface area contributed by atoms with Gasteiger partial charge in [-0.05, 0) is 0 Å². The average Bonchev–Trinajstić information content (AvgIpc) is 2.51. The lowest BCUT2D eigenvalue weighted by Crippen LogP contribution is -2.14. The van der Waals surface area contributed by atoms with Gasteiger partial charge in [-0.1, -0.05) is 0 Å². The number of esters is 1. The number of carbonyl (C=O) groups is 3. The summed E-state index contributed by atoms with van der Waals surface area (Å²) in [7, 11) is 3.98. The van der Waals surface area contributed by atoms with Gasteiger partial charge in [0.1, 0.15) is 0 Å². The van der Waals surface area contributed by atoms with Crippen LogP contribution in [0.2, 0.25) is 0 Å². The fraction of sp³-hybridized carbons (Fsp3) is 0.214. The molecule has 8 nitrogen and oxygen atoms in total. The van der Waals surface area contributed by atoms with Crippen molar-refractivity contribution in [2.75, 3.05) is 26.6 Å². The van der Waals surface area contributed by atoms with Crippen LogP contribution in [0.25, 0.3) is 0 Å². The lowest BCUT2D eigenvalue weighted by molar-refractivity contribution is -0.131. The zero-order chi connectivity index (χ0) is 16.7. The molecule has 0 unspecified atom stereocenters. The number of anilines is 1. The van der Waals surface area contributed by atoms with E-state index in [1.165, 1.54) is 33.5 Å². The van der Waals surface area contributed by atoms with Gasteiger partial charge in [-0.2, -0.15) is 0 Å². The number of carboxylic acids is 1. The van der Waals surface area contributed by atoms with E-state index in [0.29, 0.717) is 6.08 Å². The fourth-order valence-corrected chi connectivity index (χ4v) is 1.58. The van der Waals surface area contributed by atoms with Gasteiger partial charge in [-0.3, -0.25) is 4.79 Å². The van der Waals surface area contributed by atoms with Gasteiger partial charge in [0.15, 0.2) is 11.5 Å². The van der Waals surface area contributed by atoms with Crippen LogP contribution >= 0.6 is 0 Å². The quantitative estimate of drug-likeness (QED) is 0.597. The molecule has 0 fully saturated rings. The standard InChI is InChI=1S/C14H15NO7/c1-20-10-6-8(14(19)22-3)9(7-11(10)21-2)15-12(16)4-5-13(17)18/h4-7H,1-3H3,(H,15,16)(H,17,18)/b5-4+. The van der Waals surface area contributed by atoms with Crippen molar-refractivity contribution in [2.24, 2.45) is 0 Å². The van der Waals surface area contributed by atoms with Crippen LogP contribution in [0.4, 0.5) is 5.69 Å². The maximum Gasteiger partial charge on any atom is 0.340 e. The molecule has 0 aromatic heterocycles. The van der Waals surface area contributed by atoms with E-state index in [0.717, 1.165) is 6.08 Å². The molecule has 0 aliphatic carbocycles. The summed E-state index contributed by atoms with van der Waals surface area (Å²) in [4.78, 5) is 33.8. The van der Waals surface area contributed by atoms with E-state index in [-0.39, 0.29) is 22.7 Å². The molecule has 1 amide bonds. The van der Waals surface area contributed by atoms with Crippen LogP contribution in [0.3, 0.4) is 0 Å². The van der Waals surface area contributed by atoms with E-state index >= 15 is 0 Å². The van der Waals surface area contributed by atoms with Crippen molar-refractivity contribution >= 4 is 23.5 Å². The lowest BCUT2D eigenvalue weighted by atomic mass is 10.1. The van der Waals surface area contributed by atoms with Gasteiger partial charge in [-0.15, -0.1) is 0 Å². The summed E-state index contributed by atoms with van der Waals surface area (Å²) in [5, 5.41) is 10.9. The second-order valence-corrected chi connectivity index (χ2v) is 3.91. The van der Waals surface area contributed by atoms with Crippen LogP contribution in [-0.2, 0) is 14.3 Å². The van der Waals surface area contributed by atoms with Gasteiger partial charge in [0.05, 0.1) is 32.6 Å². The predicted molar refractivity (Wildman–Crippen MR) is 76.3 cm³/mol. The molecule has 1 aromatic carbocycles. The van der Waals surface area contributed by atoms with Crippen LogP contribution < -0.4 is 14.8 Å². The summed E-state index contributed by atoms with van der Waals surface area (Å²) in [5.41, 5.74) is 0.141. The molecule has 22 heavy (non-hydrogen) atoms. The highest BCUT2D eigenvalue weighted by Crippen LogP contribution is 2.33. The normalized spacial score (nSPS) is 10.1. The van der Waals surface area contributed by atoms with E-state index in [1.807, 2.05) is 0 Å². The number of aliphatic carboxylic acids is 1. The second-order valence-electron chi connectivity index (χ2n) is 3.91. The molecule has 0 saturated heterocycles. The summed E-state index contributed by atoms with van der Waals surface area (Å²) in [5.74, 6) is -2.12. The summed E-state index contributed by atoms with van der Waals surface area (Å²) < 4.78 is 14.8. The third-order valence-corrected chi connectivity index (χ3v) is 2.56. The Hall–Kier alpha value is -3.03. The summed E-state index contributed by atoms with van der Waals surface area (Å²) in [6, 6.07) is 2.72. The molecule has 0 saturated carbocycles. The molecule has 0 aliphatic heterocycles. The van der Waals surface area contributed by atoms with Crippen molar-refractivity contribution in [3.63, 3.8) is 0 Å². The van der Waals surface area contributed by atoms with Gasteiger partial charge < -0.3 is 24.6 Å². The van der Waals surface area contributed by atoms with Crippen LogP contribution in [-0.4, -0.2) is 44.3 Å². The number of ether oxygens (including phenoxy) is 3.